The van der Waals surface area contributed by atoms with Crippen molar-refractivity contribution in [2.75, 3.05) is 0 Å². The molecule has 124 valence electrons. The standard InChI is InChI=1S/C13H12N6O4S/c20-10(15-12(21)14-7-9-3-1-5-23-9)8-18-13(22)19(17-16-18)11-4-2-6-24-11/h1-6H,7-8H2,(H2,14,15,20,21). The normalized spacial score (nSPS) is 10.5. The van der Waals surface area contributed by atoms with Gasteiger partial charge in [0.05, 0.1) is 12.8 Å². The third kappa shape index (κ3) is 3.57. The van der Waals surface area contributed by atoms with Crippen molar-refractivity contribution < 1.29 is 14.0 Å². The summed E-state index contributed by atoms with van der Waals surface area (Å²) in [5.74, 6) is -0.139. The van der Waals surface area contributed by atoms with Gasteiger partial charge in [0.15, 0.2) is 0 Å². The Labute approximate surface area is 138 Å². The van der Waals surface area contributed by atoms with E-state index in [0.717, 1.165) is 9.36 Å². The van der Waals surface area contributed by atoms with E-state index in [0.29, 0.717) is 10.8 Å². The van der Waals surface area contributed by atoms with E-state index in [1.54, 1.807) is 29.6 Å². The van der Waals surface area contributed by atoms with Crippen LogP contribution in [0.5, 0.6) is 0 Å². The lowest BCUT2D eigenvalue weighted by Gasteiger charge is -2.04. The molecule has 0 bridgehead atoms. The van der Waals surface area contributed by atoms with Gasteiger partial charge in [-0.2, -0.15) is 9.36 Å². The molecule has 0 aromatic carbocycles. The van der Waals surface area contributed by atoms with Crippen LogP contribution in [0, 0.1) is 0 Å². The van der Waals surface area contributed by atoms with Crippen LogP contribution in [0.3, 0.4) is 0 Å². The Kier molecular flexibility index (Phi) is 4.52. The fourth-order valence-corrected chi connectivity index (χ4v) is 2.50. The van der Waals surface area contributed by atoms with Gasteiger partial charge in [-0.3, -0.25) is 10.1 Å². The number of carbonyl (C=O) groups is 2. The summed E-state index contributed by atoms with van der Waals surface area (Å²) in [6.07, 6.45) is 1.48. The number of carbonyl (C=O) groups excluding carboxylic acids is 2. The van der Waals surface area contributed by atoms with E-state index in [1.807, 2.05) is 0 Å². The Morgan fingerprint density at radius 3 is 2.83 bits per heavy atom. The van der Waals surface area contributed by atoms with Crippen molar-refractivity contribution in [1.29, 1.82) is 0 Å². The number of hydrogen-bond acceptors (Lipinski definition) is 7. The zero-order valence-corrected chi connectivity index (χ0v) is 13.0. The van der Waals surface area contributed by atoms with Gasteiger partial charge in [0.1, 0.15) is 17.3 Å². The van der Waals surface area contributed by atoms with Crippen molar-refractivity contribution in [2.24, 2.45) is 0 Å². The van der Waals surface area contributed by atoms with E-state index in [2.05, 4.69) is 21.1 Å². The summed E-state index contributed by atoms with van der Waals surface area (Å²) in [6.45, 7) is -0.279. The lowest BCUT2D eigenvalue weighted by molar-refractivity contribution is -0.120. The molecule has 24 heavy (non-hydrogen) atoms. The number of hydrogen-bond donors (Lipinski definition) is 2. The Morgan fingerprint density at radius 1 is 1.25 bits per heavy atom. The molecule has 11 heteroatoms. The van der Waals surface area contributed by atoms with Gasteiger partial charge in [-0.05, 0) is 40.1 Å². The predicted octanol–water partition coefficient (Wildman–Crippen LogP) is 0.109. The van der Waals surface area contributed by atoms with Gasteiger partial charge < -0.3 is 9.73 Å². The van der Waals surface area contributed by atoms with Crippen LogP contribution >= 0.6 is 11.3 Å². The molecule has 3 rings (SSSR count). The number of nitrogens with zero attached hydrogens (tertiary/aromatic N) is 4. The van der Waals surface area contributed by atoms with E-state index in [1.165, 1.54) is 17.6 Å². The first-order valence-corrected chi connectivity index (χ1v) is 7.68. The first-order valence-electron chi connectivity index (χ1n) is 6.80. The minimum absolute atomic E-state index is 0.140. The Balaban J connectivity index is 1.55. The van der Waals surface area contributed by atoms with Gasteiger partial charge in [-0.15, -0.1) is 11.3 Å². The zero-order chi connectivity index (χ0) is 16.9. The molecule has 0 saturated heterocycles. The lowest BCUT2D eigenvalue weighted by Crippen LogP contribution is -2.42. The van der Waals surface area contributed by atoms with Crippen LogP contribution < -0.4 is 16.3 Å². The SMILES string of the molecule is O=C(Cn1nnn(-c2cccs2)c1=O)NC(=O)NCc1ccco1. The average molecular weight is 348 g/mol. The number of tetrazole rings is 1. The molecule has 0 fully saturated rings. The van der Waals surface area contributed by atoms with E-state index < -0.39 is 24.2 Å². The molecule has 0 saturated carbocycles. The molecule has 10 nitrogen and oxygen atoms in total. The number of imide groups is 1. The molecular weight excluding hydrogens is 336 g/mol. The second-order valence-electron chi connectivity index (χ2n) is 4.59. The highest BCUT2D eigenvalue weighted by atomic mass is 32.1. The van der Waals surface area contributed by atoms with Gasteiger partial charge in [-0.25, -0.2) is 9.59 Å². The number of furan rings is 1. The van der Waals surface area contributed by atoms with Crippen molar-refractivity contribution in [2.45, 2.75) is 13.1 Å². The molecule has 0 aliphatic carbocycles. The molecule has 3 aromatic rings. The van der Waals surface area contributed by atoms with E-state index in [4.69, 9.17) is 4.42 Å². The lowest BCUT2D eigenvalue weighted by atomic mass is 10.4. The summed E-state index contributed by atoms with van der Waals surface area (Å²) < 4.78 is 6.99. The van der Waals surface area contributed by atoms with Crippen molar-refractivity contribution in [3.05, 3.63) is 52.2 Å². The Hall–Kier alpha value is -3.21. The summed E-state index contributed by atoms with van der Waals surface area (Å²) >= 11 is 1.31. The zero-order valence-electron chi connectivity index (χ0n) is 12.2. The summed E-state index contributed by atoms with van der Waals surface area (Å²) in [5, 5.41) is 14.2. The second kappa shape index (κ2) is 6.91. The van der Waals surface area contributed by atoms with Crippen molar-refractivity contribution in [3.63, 3.8) is 0 Å². The topological polar surface area (TPSA) is 124 Å². The summed E-state index contributed by atoms with van der Waals surface area (Å²) in [7, 11) is 0. The molecular formula is C13H12N6O4S. The Morgan fingerprint density at radius 2 is 2.12 bits per heavy atom. The summed E-state index contributed by atoms with van der Waals surface area (Å²) in [4.78, 5) is 35.5. The third-order valence-corrected chi connectivity index (χ3v) is 3.75. The molecule has 2 N–H and O–H groups in total. The predicted molar refractivity (Wildman–Crippen MR) is 82.6 cm³/mol. The fraction of sp³-hybridized carbons (Fsp3) is 0.154. The largest absolute Gasteiger partial charge is 0.467 e. The van der Waals surface area contributed by atoms with E-state index >= 15 is 0 Å². The molecule has 3 aromatic heterocycles. The molecule has 0 aliphatic heterocycles. The second-order valence-corrected chi connectivity index (χ2v) is 5.52. The molecule has 3 heterocycles. The first kappa shape index (κ1) is 15.7. The van der Waals surface area contributed by atoms with E-state index in [-0.39, 0.29) is 6.54 Å². The van der Waals surface area contributed by atoms with Crippen LogP contribution in [0.2, 0.25) is 0 Å². The third-order valence-electron chi connectivity index (χ3n) is 2.90. The maximum Gasteiger partial charge on any atom is 0.369 e. The van der Waals surface area contributed by atoms with Crippen LogP contribution in [0.25, 0.3) is 5.00 Å². The van der Waals surface area contributed by atoms with Gasteiger partial charge in [0, 0.05) is 0 Å². The number of urea groups is 1. The maximum atomic E-state index is 12.1. The summed E-state index contributed by atoms with van der Waals surface area (Å²) in [6, 6.07) is 6.14. The molecule has 0 unspecified atom stereocenters. The number of rotatable bonds is 5. The number of amides is 3. The van der Waals surface area contributed by atoms with Gasteiger partial charge in [0.2, 0.25) is 5.91 Å². The number of thiophene rings is 1. The van der Waals surface area contributed by atoms with Crippen LogP contribution in [-0.4, -0.2) is 31.7 Å². The van der Waals surface area contributed by atoms with Gasteiger partial charge in [-0.1, -0.05) is 0 Å². The van der Waals surface area contributed by atoms with Gasteiger partial charge in [0.25, 0.3) is 0 Å². The molecule has 0 spiro atoms. The van der Waals surface area contributed by atoms with Crippen molar-refractivity contribution in [1.82, 2.24) is 30.4 Å². The van der Waals surface area contributed by atoms with Crippen LogP contribution in [0.4, 0.5) is 4.79 Å². The Bertz CT molecular complexity index is 880. The van der Waals surface area contributed by atoms with Crippen LogP contribution in [-0.2, 0) is 17.9 Å². The monoisotopic (exact) mass is 348 g/mol. The molecule has 0 radical (unpaired) electrons. The molecule has 0 atom stereocenters. The average Bonchev–Trinajstić information content (AvgIpc) is 3.28. The van der Waals surface area contributed by atoms with Gasteiger partial charge >= 0.3 is 11.7 Å². The van der Waals surface area contributed by atoms with Crippen LogP contribution in [0.15, 0.2) is 45.1 Å². The minimum atomic E-state index is -0.699. The minimum Gasteiger partial charge on any atom is -0.467 e. The quantitative estimate of drug-likeness (QED) is 0.674. The first-order chi connectivity index (χ1) is 11.6. The molecule has 3 amide bonds. The highest BCUT2D eigenvalue weighted by Gasteiger charge is 2.14. The van der Waals surface area contributed by atoms with E-state index in [9.17, 15) is 14.4 Å². The number of aromatic nitrogens is 4. The highest BCUT2D eigenvalue weighted by molar-refractivity contribution is 7.12. The fourth-order valence-electron chi connectivity index (χ4n) is 1.83. The summed E-state index contributed by atoms with van der Waals surface area (Å²) in [5.41, 5.74) is -0.566. The van der Waals surface area contributed by atoms with Crippen LogP contribution in [0.1, 0.15) is 5.76 Å². The van der Waals surface area contributed by atoms with Crippen molar-refractivity contribution in [3.8, 4) is 5.00 Å². The maximum absolute atomic E-state index is 12.1. The highest BCUT2D eigenvalue weighted by Crippen LogP contribution is 2.10. The smallest absolute Gasteiger partial charge is 0.369 e. The molecule has 0 aliphatic rings. The number of nitrogens with one attached hydrogen (secondary N) is 2. The van der Waals surface area contributed by atoms with Crippen molar-refractivity contribution >= 4 is 23.3 Å².